The molecule has 32 heavy (non-hydrogen) atoms. The Morgan fingerprint density at radius 2 is 1.88 bits per heavy atom. The van der Waals surface area contributed by atoms with Gasteiger partial charge in [-0.2, -0.15) is 0 Å². The molecule has 1 aliphatic heterocycles. The van der Waals surface area contributed by atoms with E-state index >= 15 is 0 Å². The molecule has 9 heteroatoms. The normalized spacial score (nSPS) is 21.1. The number of thiophene rings is 1. The van der Waals surface area contributed by atoms with Gasteiger partial charge in [0.2, 0.25) is 11.8 Å². The highest BCUT2D eigenvalue weighted by atomic mass is 35.5. The molecule has 2 aliphatic rings. The van der Waals surface area contributed by atoms with Crippen LogP contribution in [0.3, 0.4) is 0 Å². The number of nitrogens with one attached hydrogen (secondary N) is 3. The molecule has 0 spiro atoms. The van der Waals surface area contributed by atoms with Crippen molar-refractivity contribution in [1.82, 2.24) is 15.5 Å². The number of carbonyl (C=O) groups excluding carboxylic acids is 3. The fourth-order valence-corrected chi connectivity index (χ4v) is 5.11. The van der Waals surface area contributed by atoms with E-state index in [0.29, 0.717) is 21.3 Å². The third-order valence-electron chi connectivity index (χ3n) is 6.02. The average Bonchev–Trinajstić information content (AvgIpc) is 3.39. The fraction of sp³-hybridized carbons (Fsp3) is 0.435. The molecule has 7 nitrogen and oxygen atoms in total. The summed E-state index contributed by atoms with van der Waals surface area (Å²) in [5.74, 6) is -0.943. The van der Waals surface area contributed by atoms with Crippen LogP contribution in [-0.4, -0.2) is 54.8 Å². The SMILES string of the molecule is CC(=O)NC1CC1[C@@H](NC(=O)c1ccc(Cl)s1)C(=O)Nc1ccc2c(c1)CCN(C)CC2. The Labute approximate surface area is 196 Å². The summed E-state index contributed by atoms with van der Waals surface area (Å²) in [6.45, 7) is 3.45. The Kier molecular flexibility index (Phi) is 6.83. The second-order valence-electron chi connectivity index (χ2n) is 8.54. The molecule has 2 aromatic rings. The summed E-state index contributed by atoms with van der Waals surface area (Å²) in [4.78, 5) is 40.1. The first-order valence-electron chi connectivity index (χ1n) is 10.7. The molecule has 3 N–H and O–H groups in total. The van der Waals surface area contributed by atoms with Crippen LogP contribution < -0.4 is 16.0 Å². The quantitative estimate of drug-likeness (QED) is 0.600. The minimum absolute atomic E-state index is 0.127. The van der Waals surface area contributed by atoms with E-state index in [-0.39, 0.29) is 29.7 Å². The first-order chi connectivity index (χ1) is 15.3. The van der Waals surface area contributed by atoms with E-state index in [9.17, 15) is 14.4 Å². The lowest BCUT2D eigenvalue weighted by Gasteiger charge is -2.19. The first kappa shape index (κ1) is 22.8. The Morgan fingerprint density at radius 1 is 1.12 bits per heavy atom. The van der Waals surface area contributed by atoms with Crippen LogP contribution in [0.2, 0.25) is 4.34 Å². The molecule has 2 unspecified atom stereocenters. The van der Waals surface area contributed by atoms with Crippen molar-refractivity contribution >= 4 is 46.3 Å². The topological polar surface area (TPSA) is 90.5 Å². The van der Waals surface area contributed by atoms with Crippen LogP contribution in [0.4, 0.5) is 5.69 Å². The number of halogens is 1. The van der Waals surface area contributed by atoms with E-state index in [1.54, 1.807) is 12.1 Å². The third kappa shape index (κ3) is 5.49. The molecule has 3 amide bonds. The van der Waals surface area contributed by atoms with Gasteiger partial charge in [0.1, 0.15) is 6.04 Å². The molecular weight excluding hydrogens is 448 g/mol. The van der Waals surface area contributed by atoms with Crippen molar-refractivity contribution in [2.24, 2.45) is 5.92 Å². The number of nitrogens with zero attached hydrogens (tertiary/aromatic N) is 1. The maximum absolute atomic E-state index is 13.2. The van der Waals surface area contributed by atoms with Gasteiger partial charge in [-0.1, -0.05) is 17.7 Å². The van der Waals surface area contributed by atoms with Gasteiger partial charge in [-0.25, -0.2) is 0 Å². The molecule has 4 rings (SSSR count). The lowest BCUT2D eigenvalue weighted by atomic mass is 10.0. The van der Waals surface area contributed by atoms with Crippen LogP contribution >= 0.6 is 22.9 Å². The molecule has 170 valence electrons. The number of amides is 3. The second kappa shape index (κ2) is 9.60. The average molecular weight is 475 g/mol. The van der Waals surface area contributed by atoms with Crippen molar-refractivity contribution in [3.63, 3.8) is 0 Å². The van der Waals surface area contributed by atoms with Crippen LogP contribution in [0, 0.1) is 5.92 Å². The molecule has 1 aromatic carbocycles. The summed E-state index contributed by atoms with van der Waals surface area (Å²) < 4.78 is 0.509. The molecule has 2 heterocycles. The first-order valence-corrected chi connectivity index (χ1v) is 11.9. The number of anilines is 1. The van der Waals surface area contributed by atoms with Crippen LogP contribution in [0.5, 0.6) is 0 Å². The lowest BCUT2D eigenvalue weighted by molar-refractivity contribution is -0.120. The standard InChI is InChI=1S/C23H27ClN4O3S/c1-13(29)25-18-12-17(18)21(27-22(30)19-5-6-20(24)32-19)23(31)26-16-4-3-14-7-9-28(2)10-8-15(14)11-16/h3-6,11,17-18,21H,7-10,12H2,1-2H3,(H,25,29)(H,26,31)(H,27,30)/t17?,18?,21-/m1/s1. The molecule has 1 aromatic heterocycles. The van der Waals surface area contributed by atoms with E-state index in [1.165, 1.54) is 18.1 Å². The third-order valence-corrected chi connectivity index (χ3v) is 7.25. The van der Waals surface area contributed by atoms with E-state index in [0.717, 1.165) is 37.3 Å². The van der Waals surface area contributed by atoms with Gasteiger partial charge < -0.3 is 20.9 Å². The Hall–Kier alpha value is -2.42. The van der Waals surface area contributed by atoms with Crippen molar-refractivity contribution in [3.8, 4) is 0 Å². The summed E-state index contributed by atoms with van der Waals surface area (Å²) in [5.41, 5.74) is 3.26. The van der Waals surface area contributed by atoms with Crippen molar-refractivity contribution in [2.45, 2.75) is 38.3 Å². The van der Waals surface area contributed by atoms with Gasteiger partial charge in [-0.05, 0) is 61.7 Å². The number of fused-ring (bicyclic) bond motifs is 1. The Morgan fingerprint density at radius 3 is 2.56 bits per heavy atom. The van der Waals surface area contributed by atoms with Crippen LogP contribution in [-0.2, 0) is 22.4 Å². The van der Waals surface area contributed by atoms with Gasteiger partial charge in [-0.3, -0.25) is 14.4 Å². The zero-order valence-electron chi connectivity index (χ0n) is 18.1. The van der Waals surface area contributed by atoms with E-state index < -0.39 is 6.04 Å². The largest absolute Gasteiger partial charge is 0.353 e. The summed E-state index contributed by atoms with van der Waals surface area (Å²) in [6.07, 6.45) is 2.56. The fourth-order valence-electron chi connectivity index (χ4n) is 4.16. The maximum atomic E-state index is 13.2. The van der Waals surface area contributed by atoms with E-state index in [4.69, 9.17) is 11.6 Å². The summed E-state index contributed by atoms with van der Waals surface area (Å²) in [7, 11) is 2.11. The van der Waals surface area contributed by atoms with Crippen molar-refractivity contribution < 1.29 is 14.4 Å². The smallest absolute Gasteiger partial charge is 0.262 e. The summed E-state index contributed by atoms with van der Waals surface area (Å²) >= 11 is 7.12. The molecule has 0 radical (unpaired) electrons. The van der Waals surface area contributed by atoms with Gasteiger partial charge in [0.25, 0.3) is 5.91 Å². The Bertz CT molecular complexity index is 1040. The Balaban J connectivity index is 1.49. The number of rotatable bonds is 6. The predicted molar refractivity (Wildman–Crippen MR) is 126 cm³/mol. The summed E-state index contributed by atoms with van der Waals surface area (Å²) in [6, 6.07) is 8.42. The highest BCUT2D eigenvalue weighted by Gasteiger charge is 2.47. The van der Waals surface area contributed by atoms with Crippen LogP contribution in [0.25, 0.3) is 0 Å². The molecule has 1 saturated carbocycles. The van der Waals surface area contributed by atoms with Crippen LogP contribution in [0.15, 0.2) is 30.3 Å². The van der Waals surface area contributed by atoms with E-state index in [2.05, 4.69) is 34.0 Å². The molecule has 0 saturated heterocycles. The van der Waals surface area contributed by atoms with Gasteiger partial charge >= 0.3 is 0 Å². The monoisotopic (exact) mass is 474 g/mol. The second-order valence-corrected chi connectivity index (χ2v) is 10.3. The van der Waals surface area contributed by atoms with Crippen molar-refractivity contribution in [3.05, 3.63) is 50.7 Å². The zero-order valence-corrected chi connectivity index (χ0v) is 19.7. The maximum Gasteiger partial charge on any atom is 0.262 e. The molecule has 3 atom stereocenters. The van der Waals surface area contributed by atoms with Crippen molar-refractivity contribution in [1.29, 1.82) is 0 Å². The van der Waals surface area contributed by atoms with Gasteiger partial charge in [-0.15, -0.1) is 11.3 Å². The number of hydrogen-bond donors (Lipinski definition) is 3. The van der Waals surface area contributed by atoms with Gasteiger partial charge in [0.05, 0.1) is 9.21 Å². The molecule has 1 aliphatic carbocycles. The minimum atomic E-state index is -0.759. The molecular formula is C23H27ClN4O3S. The van der Waals surface area contributed by atoms with Gasteiger partial charge in [0.15, 0.2) is 0 Å². The van der Waals surface area contributed by atoms with Crippen molar-refractivity contribution in [2.75, 3.05) is 25.5 Å². The van der Waals surface area contributed by atoms with Gasteiger partial charge in [0, 0.05) is 37.7 Å². The predicted octanol–water partition coefficient (Wildman–Crippen LogP) is 2.69. The van der Waals surface area contributed by atoms with E-state index in [1.807, 2.05) is 12.1 Å². The number of likely N-dealkylation sites (N-methyl/N-ethyl adjacent to an activating group) is 1. The highest BCUT2D eigenvalue weighted by Crippen LogP contribution is 2.35. The van der Waals surface area contributed by atoms with Crippen LogP contribution in [0.1, 0.15) is 34.1 Å². The number of benzene rings is 1. The number of carbonyl (C=O) groups is 3. The highest BCUT2D eigenvalue weighted by molar-refractivity contribution is 7.18. The minimum Gasteiger partial charge on any atom is -0.353 e. The lowest BCUT2D eigenvalue weighted by Crippen LogP contribution is -2.47. The zero-order chi connectivity index (χ0) is 22.8. The molecule has 1 fully saturated rings. The number of hydrogen-bond acceptors (Lipinski definition) is 5. The summed E-state index contributed by atoms with van der Waals surface area (Å²) in [5, 5.41) is 8.67. The molecule has 0 bridgehead atoms.